The summed E-state index contributed by atoms with van der Waals surface area (Å²) in [4.78, 5) is 14.1. The number of likely N-dealkylation sites (tertiary alicyclic amines) is 1. The van der Waals surface area contributed by atoms with Gasteiger partial charge >= 0.3 is 0 Å². The smallest absolute Gasteiger partial charge is 0.234 e. The van der Waals surface area contributed by atoms with E-state index >= 15 is 0 Å². The number of ether oxygens (including phenoxy) is 1. The molecule has 0 radical (unpaired) electrons. The normalized spacial score (nSPS) is 20.2. The van der Waals surface area contributed by atoms with E-state index < -0.39 is 5.60 Å². The fourth-order valence-corrected chi connectivity index (χ4v) is 3.26. The molecule has 1 saturated heterocycles. The number of para-hydroxylation sites is 1. The number of rotatable bonds is 7. The SMILES string of the molecule is O=C(CN1CCC[C@@](O)(COc2ccccc2)C1)NCc1ccc(F)cc1. The van der Waals surface area contributed by atoms with Crippen LogP contribution in [0.1, 0.15) is 18.4 Å². The Morgan fingerprint density at radius 2 is 1.93 bits per heavy atom. The van der Waals surface area contributed by atoms with Crippen LogP contribution in [0, 0.1) is 5.82 Å². The number of hydrogen-bond donors (Lipinski definition) is 2. The average molecular weight is 372 g/mol. The van der Waals surface area contributed by atoms with Crippen LogP contribution in [0.4, 0.5) is 4.39 Å². The van der Waals surface area contributed by atoms with E-state index in [9.17, 15) is 14.3 Å². The number of β-amino-alcohol motifs (C(OH)–C–C–N with tert-alkyl or cyclic N) is 1. The van der Waals surface area contributed by atoms with Crippen molar-refractivity contribution in [3.05, 3.63) is 66.0 Å². The summed E-state index contributed by atoms with van der Waals surface area (Å²) in [6.45, 7) is 1.93. The molecule has 1 aliphatic rings. The molecule has 1 aliphatic heterocycles. The van der Waals surface area contributed by atoms with Crippen molar-refractivity contribution >= 4 is 5.91 Å². The molecule has 1 fully saturated rings. The van der Waals surface area contributed by atoms with Gasteiger partial charge in [0.2, 0.25) is 5.91 Å². The van der Waals surface area contributed by atoms with Gasteiger partial charge in [-0.15, -0.1) is 0 Å². The minimum atomic E-state index is -0.967. The molecule has 27 heavy (non-hydrogen) atoms. The number of aliphatic hydroxyl groups is 1. The van der Waals surface area contributed by atoms with Gasteiger partial charge in [-0.2, -0.15) is 0 Å². The van der Waals surface area contributed by atoms with Crippen molar-refractivity contribution in [2.75, 3.05) is 26.2 Å². The average Bonchev–Trinajstić information content (AvgIpc) is 2.67. The zero-order chi connectivity index (χ0) is 19.1. The summed E-state index contributed by atoms with van der Waals surface area (Å²) in [7, 11) is 0. The lowest BCUT2D eigenvalue weighted by molar-refractivity contribution is -0.124. The highest BCUT2D eigenvalue weighted by Crippen LogP contribution is 2.22. The lowest BCUT2D eigenvalue weighted by atomic mass is 9.93. The summed E-state index contributed by atoms with van der Waals surface area (Å²) >= 11 is 0. The van der Waals surface area contributed by atoms with Crippen LogP contribution in [0.25, 0.3) is 0 Å². The first-order valence-electron chi connectivity index (χ1n) is 9.16. The van der Waals surface area contributed by atoms with Crippen molar-refractivity contribution in [3.8, 4) is 5.75 Å². The Hall–Kier alpha value is -2.44. The number of piperidine rings is 1. The van der Waals surface area contributed by atoms with Crippen LogP contribution in [-0.4, -0.2) is 47.8 Å². The van der Waals surface area contributed by atoms with Crippen LogP contribution in [0.5, 0.6) is 5.75 Å². The van der Waals surface area contributed by atoms with Gasteiger partial charge in [-0.1, -0.05) is 30.3 Å². The molecular formula is C21H25FN2O3. The number of benzene rings is 2. The molecule has 3 rings (SSSR count). The summed E-state index contributed by atoms with van der Waals surface area (Å²) in [6.07, 6.45) is 1.45. The number of carbonyl (C=O) groups is 1. The molecule has 1 heterocycles. The number of amides is 1. The quantitative estimate of drug-likeness (QED) is 0.783. The molecule has 2 aromatic rings. The molecule has 0 saturated carbocycles. The Balaban J connectivity index is 1.45. The maximum absolute atomic E-state index is 12.9. The Morgan fingerprint density at radius 1 is 1.19 bits per heavy atom. The second-order valence-corrected chi connectivity index (χ2v) is 7.04. The highest BCUT2D eigenvalue weighted by Gasteiger charge is 2.34. The van der Waals surface area contributed by atoms with Gasteiger partial charge in [0.05, 0.1) is 6.54 Å². The van der Waals surface area contributed by atoms with Crippen molar-refractivity contribution < 1.29 is 19.0 Å². The monoisotopic (exact) mass is 372 g/mol. The first-order chi connectivity index (χ1) is 13.0. The molecular weight excluding hydrogens is 347 g/mol. The van der Waals surface area contributed by atoms with E-state index in [1.807, 2.05) is 35.2 Å². The lowest BCUT2D eigenvalue weighted by Gasteiger charge is -2.38. The molecule has 1 amide bonds. The third-order valence-electron chi connectivity index (χ3n) is 4.66. The second kappa shape index (κ2) is 8.97. The molecule has 6 heteroatoms. The van der Waals surface area contributed by atoms with Gasteiger partial charge in [0.25, 0.3) is 0 Å². The third-order valence-corrected chi connectivity index (χ3v) is 4.66. The van der Waals surface area contributed by atoms with Crippen molar-refractivity contribution in [1.82, 2.24) is 10.2 Å². The number of hydrogen-bond acceptors (Lipinski definition) is 4. The van der Waals surface area contributed by atoms with Crippen LogP contribution in [0.3, 0.4) is 0 Å². The zero-order valence-corrected chi connectivity index (χ0v) is 15.2. The summed E-state index contributed by atoms with van der Waals surface area (Å²) in [5.41, 5.74) is -0.123. The number of halogens is 1. The van der Waals surface area contributed by atoms with E-state index in [0.717, 1.165) is 24.3 Å². The van der Waals surface area contributed by atoms with E-state index in [4.69, 9.17) is 4.74 Å². The summed E-state index contributed by atoms with van der Waals surface area (Å²) in [5.74, 6) is 0.308. The molecule has 144 valence electrons. The first kappa shape index (κ1) is 19.3. The molecule has 0 unspecified atom stereocenters. The van der Waals surface area contributed by atoms with Crippen molar-refractivity contribution in [3.63, 3.8) is 0 Å². The largest absolute Gasteiger partial charge is 0.491 e. The third kappa shape index (κ3) is 6.05. The van der Waals surface area contributed by atoms with Crippen LogP contribution in [0.2, 0.25) is 0 Å². The van der Waals surface area contributed by atoms with Crippen LogP contribution < -0.4 is 10.1 Å². The maximum Gasteiger partial charge on any atom is 0.234 e. The molecule has 5 nitrogen and oxygen atoms in total. The fraction of sp³-hybridized carbons (Fsp3) is 0.381. The Bertz CT molecular complexity index is 739. The molecule has 2 N–H and O–H groups in total. The summed E-state index contributed by atoms with van der Waals surface area (Å²) in [5, 5.41) is 13.7. The molecule has 0 aliphatic carbocycles. The van der Waals surface area contributed by atoms with Gasteiger partial charge in [0, 0.05) is 13.1 Å². The van der Waals surface area contributed by atoms with Gasteiger partial charge in [0.1, 0.15) is 23.8 Å². The van der Waals surface area contributed by atoms with Gasteiger partial charge in [-0.3, -0.25) is 9.69 Å². The van der Waals surface area contributed by atoms with E-state index in [-0.39, 0.29) is 24.9 Å². The van der Waals surface area contributed by atoms with E-state index in [1.165, 1.54) is 12.1 Å². The first-order valence-corrected chi connectivity index (χ1v) is 9.16. The number of nitrogens with zero attached hydrogens (tertiary/aromatic N) is 1. The standard InChI is InChI=1S/C21H25FN2O3/c22-18-9-7-17(8-10-18)13-23-20(25)14-24-12-4-11-21(26,15-24)16-27-19-5-2-1-3-6-19/h1-3,5-10,26H,4,11-16H2,(H,23,25)/t21-/m0/s1. The zero-order valence-electron chi connectivity index (χ0n) is 15.2. The van der Waals surface area contributed by atoms with Crippen molar-refractivity contribution in [2.45, 2.75) is 25.0 Å². The highest BCUT2D eigenvalue weighted by molar-refractivity contribution is 5.78. The Morgan fingerprint density at radius 3 is 2.67 bits per heavy atom. The van der Waals surface area contributed by atoms with Crippen LogP contribution in [-0.2, 0) is 11.3 Å². The minimum Gasteiger partial charge on any atom is -0.491 e. The predicted octanol–water partition coefficient (Wildman–Crippen LogP) is 2.35. The predicted molar refractivity (Wildman–Crippen MR) is 101 cm³/mol. The number of nitrogens with one attached hydrogen (secondary N) is 1. The summed E-state index contributed by atoms with van der Waals surface area (Å²) in [6, 6.07) is 15.4. The fourth-order valence-electron chi connectivity index (χ4n) is 3.26. The molecule has 1 atom stereocenters. The topological polar surface area (TPSA) is 61.8 Å². The molecule has 0 bridgehead atoms. The summed E-state index contributed by atoms with van der Waals surface area (Å²) < 4.78 is 18.6. The highest BCUT2D eigenvalue weighted by atomic mass is 19.1. The van der Waals surface area contributed by atoms with Gasteiger partial charge in [-0.25, -0.2) is 4.39 Å². The molecule has 0 aromatic heterocycles. The van der Waals surface area contributed by atoms with Gasteiger partial charge < -0.3 is 15.2 Å². The molecule has 2 aromatic carbocycles. The van der Waals surface area contributed by atoms with E-state index in [2.05, 4.69) is 5.32 Å². The Labute approximate surface area is 158 Å². The molecule has 0 spiro atoms. The van der Waals surface area contributed by atoms with Crippen LogP contribution in [0.15, 0.2) is 54.6 Å². The Kier molecular flexibility index (Phi) is 6.42. The minimum absolute atomic E-state index is 0.118. The second-order valence-electron chi connectivity index (χ2n) is 7.04. The van der Waals surface area contributed by atoms with Gasteiger partial charge in [0.15, 0.2) is 0 Å². The lowest BCUT2D eigenvalue weighted by Crippen LogP contribution is -2.53. The van der Waals surface area contributed by atoms with Crippen molar-refractivity contribution in [2.24, 2.45) is 0 Å². The van der Waals surface area contributed by atoms with E-state index in [1.54, 1.807) is 12.1 Å². The maximum atomic E-state index is 12.9. The number of carbonyl (C=O) groups excluding carboxylic acids is 1. The van der Waals surface area contributed by atoms with E-state index in [0.29, 0.717) is 19.5 Å². The van der Waals surface area contributed by atoms with Gasteiger partial charge in [-0.05, 0) is 49.2 Å². The van der Waals surface area contributed by atoms with Crippen molar-refractivity contribution in [1.29, 1.82) is 0 Å². The van der Waals surface area contributed by atoms with Crippen LogP contribution >= 0.6 is 0 Å².